The fraction of sp³-hybridized carbons (Fsp3) is 0.467. The van der Waals surface area contributed by atoms with Gasteiger partial charge >= 0.3 is 11.9 Å². The normalized spacial score (nSPS) is 10.1. The van der Waals surface area contributed by atoms with Crippen LogP contribution < -0.4 is 4.74 Å². The van der Waals surface area contributed by atoms with Crippen LogP contribution >= 0.6 is 0 Å². The number of hydrogen-bond donors (Lipinski definition) is 1. The highest BCUT2D eigenvalue weighted by atomic mass is 16.5. The number of carboxylic acid groups (broad SMARTS) is 1. The SMILES string of the molecule is CCCCOc1ccc(C(=O)OCCCC(=O)O)cc1. The molecule has 1 N–H and O–H groups in total. The summed E-state index contributed by atoms with van der Waals surface area (Å²) in [6.07, 6.45) is 2.38. The van der Waals surface area contributed by atoms with Gasteiger partial charge in [0.2, 0.25) is 0 Å². The first kappa shape index (κ1) is 16.0. The number of benzene rings is 1. The zero-order valence-corrected chi connectivity index (χ0v) is 11.6. The van der Waals surface area contributed by atoms with Gasteiger partial charge in [-0.1, -0.05) is 13.3 Å². The van der Waals surface area contributed by atoms with Crippen LogP contribution in [0.3, 0.4) is 0 Å². The van der Waals surface area contributed by atoms with Crippen molar-refractivity contribution >= 4 is 11.9 Å². The topological polar surface area (TPSA) is 72.8 Å². The summed E-state index contributed by atoms with van der Waals surface area (Å²) in [5, 5.41) is 8.46. The molecule has 110 valence electrons. The third kappa shape index (κ3) is 6.22. The number of ether oxygens (including phenoxy) is 2. The summed E-state index contributed by atoms with van der Waals surface area (Å²) in [4.78, 5) is 22.0. The molecule has 0 unspecified atom stereocenters. The first-order valence-corrected chi connectivity index (χ1v) is 6.75. The third-order valence-corrected chi connectivity index (χ3v) is 2.62. The first-order valence-electron chi connectivity index (χ1n) is 6.75. The lowest BCUT2D eigenvalue weighted by atomic mass is 10.2. The molecule has 20 heavy (non-hydrogen) atoms. The van der Waals surface area contributed by atoms with Gasteiger partial charge in [-0.05, 0) is 37.1 Å². The van der Waals surface area contributed by atoms with E-state index in [0.717, 1.165) is 18.6 Å². The molecular weight excluding hydrogens is 260 g/mol. The zero-order valence-electron chi connectivity index (χ0n) is 11.6. The van der Waals surface area contributed by atoms with Gasteiger partial charge in [-0.25, -0.2) is 4.79 Å². The molecule has 0 aromatic heterocycles. The molecule has 0 bridgehead atoms. The van der Waals surface area contributed by atoms with E-state index in [1.54, 1.807) is 24.3 Å². The smallest absolute Gasteiger partial charge is 0.338 e. The molecule has 5 nitrogen and oxygen atoms in total. The van der Waals surface area contributed by atoms with Crippen molar-refractivity contribution < 1.29 is 24.2 Å². The Morgan fingerprint density at radius 2 is 1.80 bits per heavy atom. The molecule has 1 rings (SSSR count). The molecule has 0 saturated heterocycles. The molecule has 0 aliphatic rings. The van der Waals surface area contributed by atoms with Crippen LogP contribution in [-0.4, -0.2) is 30.3 Å². The van der Waals surface area contributed by atoms with Crippen molar-refractivity contribution in [2.75, 3.05) is 13.2 Å². The van der Waals surface area contributed by atoms with Crippen molar-refractivity contribution in [2.45, 2.75) is 32.6 Å². The Hall–Kier alpha value is -2.04. The van der Waals surface area contributed by atoms with Crippen LogP contribution in [0, 0.1) is 0 Å². The maximum absolute atomic E-state index is 11.7. The van der Waals surface area contributed by atoms with E-state index in [1.807, 2.05) is 0 Å². The fourth-order valence-corrected chi connectivity index (χ4v) is 1.49. The summed E-state index contributed by atoms with van der Waals surface area (Å²) in [6, 6.07) is 6.73. The van der Waals surface area contributed by atoms with Gasteiger partial charge in [0.05, 0.1) is 18.8 Å². The standard InChI is InChI=1S/C15H20O5/c1-2-3-10-19-13-8-6-12(7-9-13)15(18)20-11-4-5-14(16)17/h6-9H,2-5,10-11H2,1H3,(H,16,17). The third-order valence-electron chi connectivity index (χ3n) is 2.62. The molecule has 0 atom stereocenters. The van der Waals surface area contributed by atoms with E-state index in [-0.39, 0.29) is 13.0 Å². The second-order valence-corrected chi connectivity index (χ2v) is 4.36. The van der Waals surface area contributed by atoms with Gasteiger partial charge in [0.15, 0.2) is 0 Å². The first-order chi connectivity index (χ1) is 9.63. The van der Waals surface area contributed by atoms with Crippen molar-refractivity contribution in [3.63, 3.8) is 0 Å². The molecule has 0 aliphatic heterocycles. The highest BCUT2D eigenvalue weighted by Crippen LogP contribution is 2.13. The van der Waals surface area contributed by atoms with Crippen molar-refractivity contribution in [1.29, 1.82) is 0 Å². The Morgan fingerprint density at radius 3 is 2.40 bits per heavy atom. The number of carbonyl (C=O) groups is 2. The molecule has 1 aromatic carbocycles. The lowest BCUT2D eigenvalue weighted by Crippen LogP contribution is -2.08. The van der Waals surface area contributed by atoms with Gasteiger partial charge in [-0.15, -0.1) is 0 Å². The molecule has 0 saturated carbocycles. The monoisotopic (exact) mass is 280 g/mol. The quantitative estimate of drug-likeness (QED) is 0.556. The van der Waals surface area contributed by atoms with Gasteiger partial charge in [-0.3, -0.25) is 4.79 Å². The van der Waals surface area contributed by atoms with Crippen molar-refractivity contribution in [3.8, 4) is 5.75 Å². The van der Waals surface area contributed by atoms with Gasteiger partial charge in [0, 0.05) is 6.42 Å². The number of rotatable bonds is 9. The van der Waals surface area contributed by atoms with Crippen LogP contribution in [0.5, 0.6) is 5.75 Å². The average Bonchev–Trinajstić information content (AvgIpc) is 2.44. The summed E-state index contributed by atoms with van der Waals surface area (Å²) in [5.74, 6) is -0.619. The van der Waals surface area contributed by atoms with Crippen molar-refractivity contribution in [3.05, 3.63) is 29.8 Å². The maximum Gasteiger partial charge on any atom is 0.338 e. The number of esters is 1. The molecule has 5 heteroatoms. The van der Waals surface area contributed by atoms with Gasteiger partial charge in [-0.2, -0.15) is 0 Å². The van der Waals surface area contributed by atoms with E-state index in [9.17, 15) is 9.59 Å². The number of aliphatic carboxylic acids is 1. The van der Waals surface area contributed by atoms with Crippen LogP contribution in [0.2, 0.25) is 0 Å². The Bertz CT molecular complexity index is 424. The van der Waals surface area contributed by atoms with Gasteiger partial charge < -0.3 is 14.6 Å². The largest absolute Gasteiger partial charge is 0.494 e. The lowest BCUT2D eigenvalue weighted by Gasteiger charge is -2.07. The minimum atomic E-state index is -0.894. The number of unbranched alkanes of at least 4 members (excludes halogenated alkanes) is 1. The van der Waals surface area contributed by atoms with Crippen LogP contribution in [-0.2, 0) is 9.53 Å². The van der Waals surface area contributed by atoms with Gasteiger partial charge in [0.25, 0.3) is 0 Å². The second-order valence-electron chi connectivity index (χ2n) is 4.36. The van der Waals surface area contributed by atoms with E-state index in [2.05, 4.69) is 6.92 Å². The Kier molecular flexibility index (Phi) is 7.17. The minimum absolute atomic E-state index is 0.00249. The summed E-state index contributed by atoms with van der Waals surface area (Å²) in [6.45, 7) is 2.86. The van der Waals surface area contributed by atoms with E-state index < -0.39 is 11.9 Å². The summed E-state index contributed by atoms with van der Waals surface area (Å²) < 4.78 is 10.5. The number of carboxylic acids is 1. The van der Waals surface area contributed by atoms with Crippen LogP contribution in [0.1, 0.15) is 43.0 Å². The van der Waals surface area contributed by atoms with E-state index in [1.165, 1.54) is 0 Å². The van der Waals surface area contributed by atoms with E-state index in [0.29, 0.717) is 18.6 Å². The molecule has 0 aliphatic carbocycles. The number of carbonyl (C=O) groups excluding carboxylic acids is 1. The lowest BCUT2D eigenvalue weighted by molar-refractivity contribution is -0.137. The fourth-order valence-electron chi connectivity index (χ4n) is 1.49. The zero-order chi connectivity index (χ0) is 14.8. The second kappa shape index (κ2) is 8.96. The Labute approximate surface area is 118 Å². The van der Waals surface area contributed by atoms with Crippen LogP contribution in [0.15, 0.2) is 24.3 Å². The summed E-state index contributed by atoms with van der Waals surface area (Å²) in [7, 11) is 0. The molecule has 1 aromatic rings. The minimum Gasteiger partial charge on any atom is -0.494 e. The molecule has 0 fully saturated rings. The molecule has 0 radical (unpaired) electrons. The average molecular weight is 280 g/mol. The van der Waals surface area contributed by atoms with Crippen LogP contribution in [0.4, 0.5) is 0 Å². The van der Waals surface area contributed by atoms with E-state index in [4.69, 9.17) is 14.6 Å². The Balaban J connectivity index is 2.35. The van der Waals surface area contributed by atoms with Crippen molar-refractivity contribution in [2.24, 2.45) is 0 Å². The number of hydrogen-bond acceptors (Lipinski definition) is 4. The summed E-state index contributed by atoms with van der Waals surface area (Å²) >= 11 is 0. The molecule has 0 heterocycles. The van der Waals surface area contributed by atoms with E-state index >= 15 is 0 Å². The predicted molar refractivity (Wildman–Crippen MR) is 74.0 cm³/mol. The highest BCUT2D eigenvalue weighted by Gasteiger charge is 2.07. The molecular formula is C15H20O5. The van der Waals surface area contributed by atoms with Crippen molar-refractivity contribution in [1.82, 2.24) is 0 Å². The Morgan fingerprint density at radius 1 is 1.10 bits per heavy atom. The van der Waals surface area contributed by atoms with Gasteiger partial charge in [0.1, 0.15) is 5.75 Å². The molecule has 0 amide bonds. The maximum atomic E-state index is 11.7. The highest BCUT2D eigenvalue weighted by molar-refractivity contribution is 5.89. The summed E-state index contributed by atoms with van der Waals surface area (Å²) in [5.41, 5.74) is 0.433. The molecule has 0 spiro atoms. The van der Waals surface area contributed by atoms with Crippen LogP contribution in [0.25, 0.3) is 0 Å². The predicted octanol–water partition coefficient (Wildman–Crippen LogP) is 2.89.